The van der Waals surface area contributed by atoms with Gasteiger partial charge >= 0.3 is 0 Å². The van der Waals surface area contributed by atoms with Gasteiger partial charge in [0.1, 0.15) is 0 Å². The minimum Gasteiger partial charge on any atom is -0.250 e. The fourth-order valence-electron chi connectivity index (χ4n) is 2.23. The van der Waals surface area contributed by atoms with Crippen molar-refractivity contribution in [3.63, 3.8) is 0 Å². The molecule has 2 rings (SSSR count). The van der Waals surface area contributed by atoms with E-state index in [-0.39, 0.29) is 0 Å². The highest BCUT2D eigenvalue weighted by molar-refractivity contribution is 7.88. The zero-order valence-corrected chi connectivity index (χ0v) is 11.6. The SMILES string of the molecule is CS(=O)(=O)N1CCC(CCc2nccs2)CC1. The summed E-state index contributed by atoms with van der Waals surface area (Å²) < 4.78 is 24.3. The molecule has 17 heavy (non-hydrogen) atoms. The van der Waals surface area contributed by atoms with Crippen molar-refractivity contribution < 1.29 is 8.42 Å². The van der Waals surface area contributed by atoms with Crippen LogP contribution in [0.3, 0.4) is 0 Å². The molecule has 1 aliphatic rings. The summed E-state index contributed by atoms with van der Waals surface area (Å²) >= 11 is 1.70. The molecule has 1 aromatic rings. The standard InChI is InChI=1S/C11H18N2O2S2/c1-17(14,15)13-7-4-10(5-8-13)2-3-11-12-6-9-16-11/h6,9-10H,2-5,7-8H2,1H3. The molecule has 0 aliphatic carbocycles. The molecule has 0 N–H and O–H groups in total. The highest BCUT2D eigenvalue weighted by atomic mass is 32.2. The lowest BCUT2D eigenvalue weighted by atomic mass is 9.93. The maximum absolute atomic E-state index is 11.4. The number of rotatable bonds is 4. The Bertz CT molecular complexity index is 434. The third-order valence-corrected chi connectivity index (χ3v) is 5.44. The second kappa shape index (κ2) is 5.46. The third kappa shape index (κ3) is 3.76. The van der Waals surface area contributed by atoms with Gasteiger partial charge in [0.15, 0.2) is 0 Å². The van der Waals surface area contributed by atoms with Crippen LogP contribution < -0.4 is 0 Å². The van der Waals surface area contributed by atoms with Crippen LogP contribution in [0.25, 0.3) is 0 Å². The smallest absolute Gasteiger partial charge is 0.211 e. The minimum atomic E-state index is -2.98. The van der Waals surface area contributed by atoms with E-state index < -0.39 is 10.0 Å². The zero-order chi connectivity index (χ0) is 12.3. The van der Waals surface area contributed by atoms with Gasteiger partial charge in [-0.25, -0.2) is 17.7 Å². The lowest BCUT2D eigenvalue weighted by molar-refractivity contribution is 0.265. The molecule has 0 atom stereocenters. The predicted octanol–water partition coefficient (Wildman–Crippen LogP) is 1.75. The van der Waals surface area contributed by atoms with Crippen LogP contribution >= 0.6 is 11.3 Å². The second-order valence-corrected chi connectivity index (χ2v) is 7.53. The number of thiazole rings is 1. The van der Waals surface area contributed by atoms with Crippen LogP contribution in [-0.2, 0) is 16.4 Å². The van der Waals surface area contributed by atoms with Crippen LogP contribution in [0.2, 0.25) is 0 Å². The van der Waals surface area contributed by atoms with Gasteiger partial charge in [0.05, 0.1) is 11.3 Å². The van der Waals surface area contributed by atoms with Gasteiger partial charge in [-0.05, 0) is 31.6 Å². The van der Waals surface area contributed by atoms with Gasteiger partial charge in [-0.15, -0.1) is 11.3 Å². The summed E-state index contributed by atoms with van der Waals surface area (Å²) in [5.74, 6) is 0.650. The first kappa shape index (κ1) is 13.0. The number of aryl methyl sites for hydroxylation is 1. The first-order valence-corrected chi connectivity index (χ1v) is 8.62. The second-order valence-electron chi connectivity index (χ2n) is 4.57. The molecule has 2 heterocycles. The highest BCUT2D eigenvalue weighted by Gasteiger charge is 2.24. The number of nitrogens with zero attached hydrogens (tertiary/aromatic N) is 2. The lowest BCUT2D eigenvalue weighted by Gasteiger charge is -2.30. The van der Waals surface area contributed by atoms with Crippen LogP contribution in [-0.4, -0.2) is 37.1 Å². The lowest BCUT2D eigenvalue weighted by Crippen LogP contribution is -2.37. The fourth-order valence-corrected chi connectivity index (χ4v) is 3.74. The Balaban J connectivity index is 1.76. The van der Waals surface area contributed by atoms with E-state index in [4.69, 9.17) is 0 Å². The van der Waals surface area contributed by atoms with Crippen molar-refractivity contribution in [3.05, 3.63) is 16.6 Å². The van der Waals surface area contributed by atoms with Crippen LogP contribution in [0, 0.1) is 5.92 Å². The predicted molar refractivity (Wildman–Crippen MR) is 69.6 cm³/mol. The number of aromatic nitrogens is 1. The van der Waals surface area contributed by atoms with Crippen molar-refractivity contribution in [1.29, 1.82) is 0 Å². The summed E-state index contributed by atoms with van der Waals surface area (Å²) in [6.07, 6.45) is 7.26. The van der Waals surface area contributed by atoms with E-state index >= 15 is 0 Å². The molecule has 0 bridgehead atoms. The summed E-state index contributed by atoms with van der Waals surface area (Å²) in [6, 6.07) is 0. The van der Waals surface area contributed by atoms with Crippen molar-refractivity contribution in [2.24, 2.45) is 5.92 Å². The number of hydrogen-bond acceptors (Lipinski definition) is 4. The maximum Gasteiger partial charge on any atom is 0.211 e. The Morgan fingerprint density at radius 2 is 2.18 bits per heavy atom. The molecule has 4 nitrogen and oxygen atoms in total. The molecule has 1 fully saturated rings. The molecular weight excluding hydrogens is 256 g/mol. The van der Waals surface area contributed by atoms with Crippen LogP contribution in [0.4, 0.5) is 0 Å². The molecule has 0 unspecified atom stereocenters. The van der Waals surface area contributed by atoms with Crippen LogP contribution in [0.15, 0.2) is 11.6 Å². The zero-order valence-electron chi connectivity index (χ0n) is 10.0. The van der Waals surface area contributed by atoms with Gasteiger partial charge in [0.2, 0.25) is 10.0 Å². The third-order valence-electron chi connectivity index (χ3n) is 3.29. The van der Waals surface area contributed by atoms with Crippen molar-refractivity contribution in [2.45, 2.75) is 25.7 Å². The van der Waals surface area contributed by atoms with Gasteiger partial charge < -0.3 is 0 Å². The summed E-state index contributed by atoms with van der Waals surface area (Å²) in [6.45, 7) is 1.36. The molecule has 96 valence electrons. The van der Waals surface area contributed by atoms with Gasteiger partial charge in [-0.3, -0.25) is 0 Å². The van der Waals surface area contributed by atoms with E-state index in [9.17, 15) is 8.42 Å². The maximum atomic E-state index is 11.4. The number of piperidine rings is 1. The molecule has 1 aliphatic heterocycles. The molecule has 6 heteroatoms. The van der Waals surface area contributed by atoms with Crippen molar-refractivity contribution in [3.8, 4) is 0 Å². The summed E-state index contributed by atoms with van der Waals surface area (Å²) in [5.41, 5.74) is 0. The fraction of sp³-hybridized carbons (Fsp3) is 0.727. The molecule has 0 aromatic carbocycles. The van der Waals surface area contributed by atoms with E-state index in [0.717, 1.165) is 25.7 Å². The van der Waals surface area contributed by atoms with Gasteiger partial charge in [-0.1, -0.05) is 0 Å². The van der Waals surface area contributed by atoms with Gasteiger partial charge in [0.25, 0.3) is 0 Å². The molecule has 0 saturated carbocycles. The van der Waals surface area contributed by atoms with Crippen LogP contribution in [0.1, 0.15) is 24.3 Å². The van der Waals surface area contributed by atoms with E-state index in [1.165, 1.54) is 11.3 Å². The Morgan fingerprint density at radius 3 is 2.71 bits per heavy atom. The first-order chi connectivity index (χ1) is 8.05. The molecule has 0 radical (unpaired) electrons. The Kier molecular flexibility index (Phi) is 4.17. The Hall–Kier alpha value is -0.460. The quantitative estimate of drug-likeness (QED) is 0.840. The summed E-state index contributed by atoms with van der Waals surface area (Å²) in [7, 11) is -2.98. The van der Waals surface area contributed by atoms with E-state index in [0.29, 0.717) is 19.0 Å². The Morgan fingerprint density at radius 1 is 1.47 bits per heavy atom. The summed E-state index contributed by atoms with van der Waals surface area (Å²) in [5, 5.41) is 3.19. The molecular formula is C11H18N2O2S2. The average Bonchev–Trinajstić information content (AvgIpc) is 2.78. The minimum absolute atomic E-state index is 0.650. The normalized spacial score (nSPS) is 19.6. The monoisotopic (exact) mass is 274 g/mol. The van der Waals surface area contributed by atoms with Crippen LogP contribution in [0.5, 0.6) is 0 Å². The molecule has 0 amide bonds. The highest BCUT2D eigenvalue weighted by Crippen LogP contribution is 2.23. The summed E-state index contributed by atoms with van der Waals surface area (Å²) in [4.78, 5) is 4.27. The van der Waals surface area contributed by atoms with Crippen molar-refractivity contribution in [1.82, 2.24) is 9.29 Å². The topological polar surface area (TPSA) is 50.3 Å². The van der Waals surface area contributed by atoms with E-state index in [2.05, 4.69) is 4.98 Å². The van der Waals surface area contributed by atoms with Crippen molar-refractivity contribution >= 4 is 21.4 Å². The number of hydrogen-bond donors (Lipinski definition) is 0. The molecule has 1 aromatic heterocycles. The Labute approximate surface area is 107 Å². The molecule has 1 saturated heterocycles. The first-order valence-electron chi connectivity index (χ1n) is 5.89. The average molecular weight is 274 g/mol. The number of sulfonamides is 1. The van der Waals surface area contributed by atoms with Gasteiger partial charge in [0, 0.05) is 24.7 Å². The molecule has 0 spiro atoms. The largest absolute Gasteiger partial charge is 0.250 e. The van der Waals surface area contributed by atoms with Gasteiger partial charge in [-0.2, -0.15) is 0 Å². The van der Waals surface area contributed by atoms with E-state index in [1.54, 1.807) is 15.6 Å². The van der Waals surface area contributed by atoms with Crippen molar-refractivity contribution in [2.75, 3.05) is 19.3 Å². The van der Waals surface area contributed by atoms with E-state index in [1.807, 2.05) is 11.6 Å².